The smallest absolute Gasteiger partial charge is 0.328 e. The average Bonchev–Trinajstić information content (AvgIpc) is 2.87. The third-order valence-corrected chi connectivity index (χ3v) is 2.27. The highest BCUT2D eigenvalue weighted by atomic mass is 19.2. The third-order valence-electron chi connectivity index (χ3n) is 2.27. The second kappa shape index (κ2) is 5.45. The highest BCUT2D eigenvalue weighted by Gasteiger charge is 2.23. The highest BCUT2D eigenvalue weighted by Crippen LogP contribution is 2.31. The fourth-order valence-corrected chi connectivity index (χ4v) is 1.41. The normalized spacial score (nSPS) is 11.0. The van der Waals surface area contributed by atoms with E-state index in [0.29, 0.717) is 18.2 Å². The van der Waals surface area contributed by atoms with Gasteiger partial charge >= 0.3 is 5.97 Å². The van der Waals surface area contributed by atoms with Crippen LogP contribution in [-0.2, 0) is 4.79 Å². The standard InChI is InChI=1S/C11H5F2N3O5/c12-6-3-5(8(16(19)20)4-7(6)13)11-15-14-9(21-11)1-2-10(17)18/h1-4H,(H,17,18)/b2-1+. The summed E-state index contributed by atoms with van der Waals surface area (Å²) in [5.74, 6) is -4.68. The number of carbonyl (C=O) groups is 1. The number of carboxylic acids is 1. The Kier molecular flexibility index (Phi) is 3.69. The van der Waals surface area contributed by atoms with Crippen LogP contribution in [0, 0.1) is 21.7 Å². The van der Waals surface area contributed by atoms with Crippen molar-refractivity contribution in [3.05, 3.63) is 45.8 Å². The molecule has 10 heteroatoms. The van der Waals surface area contributed by atoms with E-state index in [-0.39, 0.29) is 5.89 Å². The Morgan fingerprint density at radius 1 is 1.33 bits per heavy atom. The van der Waals surface area contributed by atoms with Gasteiger partial charge in [-0.15, -0.1) is 10.2 Å². The number of aromatic nitrogens is 2. The van der Waals surface area contributed by atoms with Crippen molar-refractivity contribution in [3.8, 4) is 11.5 Å². The fraction of sp³-hybridized carbons (Fsp3) is 0. The minimum absolute atomic E-state index is 0.258. The first kappa shape index (κ1) is 14.2. The van der Waals surface area contributed by atoms with Crippen LogP contribution >= 0.6 is 0 Å². The summed E-state index contributed by atoms with van der Waals surface area (Å²) in [4.78, 5) is 20.2. The lowest BCUT2D eigenvalue weighted by Crippen LogP contribution is -1.96. The maximum absolute atomic E-state index is 13.2. The Hall–Kier alpha value is -3.17. The predicted octanol–water partition coefficient (Wildman–Crippen LogP) is 2.02. The van der Waals surface area contributed by atoms with Crippen LogP contribution in [0.4, 0.5) is 14.5 Å². The van der Waals surface area contributed by atoms with Gasteiger partial charge in [0.2, 0.25) is 5.89 Å². The predicted molar refractivity (Wildman–Crippen MR) is 63.0 cm³/mol. The first-order chi connectivity index (χ1) is 9.88. The van der Waals surface area contributed by atoms with E-state index in [4.69, 9.17) is 9.52 Å². The number of nitrogens with zero attached hydrogens (tertiary/aromatic N) is 3. The van der Waals surface area contributed by atoms with Crippen molar-refractivity contribution in [3.63, 3.8) is 0 Å². The Bertz CT molecular complexity index is 756. The number of carboxylic acid groups (broad SMARTS) is 1. The van der Waals surface area contributed by atoms with Crippen LogP contribution in [0.3, 0.4) is 0 Å². The molecule has 0 saturated heterocycles. The van der Waals surface area contributed by atoms with E-state index in [0.717, 1.165) is 6.08 Å². The molecule has 1 aromatic heterocycles. The average molecular weight is 297 g/mol. The van der Waals surface area contributed by atoms with Gasteiger partial charge in [0.1, 0.15) is 5.56 Å². The Morgan fingerprint density at radius 2 is 2.00 bits per heavy atom. The molecule has 0 amide bonds. The summed E-state index contributed by atoms with van der Waals surface area (Å²) in [5, 5.41) is 26.1. The van der Waals surface area contributed by atoms with E-state index < -0.39 is 39.7 Å². The monoisotopic (exact) mass is 297 g/mol. The van der Waals surface area contributed by atoms with Crippen LogP contribution in [0.5, 0.6) is 0 Å². The van der Waals surface area contributed by atoms with Gasteiger partial charge in [-0.2, -0.15) is 0 Å². The van der Waals surface area contributed by atoms with Crippen molar-refractivity contribution in [2.24, 2.45) is 0 Å². The Labute approximate surface area is 114 Å². The Morgan fingerprint density at radius 3 is 2.62 bits per heavy atom. The zero-order valence-electron chi connectivity index (χ0n) is 9.99. The molecule has 1 N–H and O–H groups in total. The zero-order chi connectivity index (χ0) is 15.6. The molecule has 1 heterocycles. The van der Waals surface area contributed by atoms with Gasteiger partial charge in [-0.25, -0.2) is 13.6 Å². The number of halogens is 2. The van der Waals surface area contributed by atoms with Gasteiger partial charge in [0.15, 0.2) is 11.6 Å². The summed E-state index contributed by atoms with van der Waals surface area (Å²) >= 11 is 0. The summed E-state index contributed by atoms with van der Waals surface area (Å²) in [6.07, 6.45) is 1.65. The van der Waals surface area contributed by atoms with Crippen molar-refractivity contribution in [1.82, 2.24) is 10.2 Å². The molecule has 0 bridgehead atoms. The van der Waals surface area contributed by atoms with E-state index in [1.807, 2.05) is 0 Å². The number of hydrogen-bond donors (Lipinski definition) is 1. The molecule has 0 spiro atoms. The third kappa shape index (κ3) is 3.05. The van der Waals surface area contributed by atoms with Crippen LogP contribution in [0.2, 0.25) is 0 Å². The van der Waals surface area contributed by atoms with Gasteiger partial charge < -0.3 is 9.52 Å². The maximum atomic E-state index is 13.2. The van der Waals surface area contributed by atoms with Gasteiger partial charge in [-0.05, 0) is 6.07 Å². The fourth-order valence-electron chi connectivity index (χ4n) is 1.41. The molecule has 0 saturated carbocycles. The zero-order valence-corrected chi connectivity index (χ0v) is 9.99. The molecule has 2 aromatic rings. The van der Waals surface area contributed by atoms with Crippen LogP contribution in [0.15, 0.2) is 22.6 Å². The molecule has 0 unspecified atom stereocenters. The molecule has 0 aliphatic rings. The topological polar surface area (TPSA) is 119 Å². The minimum atomic E-state index is -1.39. The summed E-state index contributed by atoms with van der Waals surface area (Å²) in [6, 6.07) is 0.938. The van der Waals surface area contributed by atoms with Gasteiger partial charge in [-0.1, -0.05) is 0 Å². The lowest BCUT2D eigenvalue weighted by molar-refractivity contribution is -0.384. The van der Waals surface area contributed by atoms with E-state index in [9.17, 15) is 23.7 Å². The number of nitro benzene ring substituents is 1. The largest absolute Gasteiger partial charge is 0.478 e. The van der Waals surface area contributed by atoms with Crippen molar-refractivity contribution in [2.45, 2.75) is 0 Å². The molecule has 21 heavy (non-hydrogen) atoms. The molecule has 0 fully saturated rings. The second-order valence-electron chi connectivity index (χ2n) is 3.66. The second-order valence-corrected chi connectivity index (χ2v) is 3.66. The molecule has 0 radical (unpaired) electrons. The summed E-state index contributed by atoms with van der Waals surface area (Å²) in [6.45, 7) is 0. The van der Waals surface area contributed by atoms with Gasteiger partial charge in [0, 0.05) is 12.2 Å². The maximum Gasteiger partial charge on any atom is 0.328 e. The lowest BCUT2D eigenvalue weighted by Gasteiger charge is -1.99. The minimum Gasteiger partial charge on any atom is -0.478 e. The summed E-state index contributed by atoms with van der Waals surface area (Å²) < 4.78 is 31.2. The number of rotatable bonds is 4. The number of nitro groups is 1. The molecule has 8 nitrogen and oxygen atoms in total. The van der Waals surface area contributed by atoms with Crippen molar-refractivity contribution >= 4 is 17.7 Å². The highest BCUT2D eigenvalue weighted by molar-refractivity contribution is 5.84. The van der Waals surface area contributed by atoms with Crippen molar-refractivity contribution in [1.29, 1.82) is 0 Å². The quantitative estimate of drug-likeness (QED) is 0.520. The van der Waals surface area contributed by atoms with Gasteiger partial charge in [0.05, 0.1) is 11.0 Å². The summed E-state index contributed by atoms with van der Waals surface area (Å²) in [5.41, 5.74) is -1.17. The van der Waals surface area contributed by atoms with Crippen molar-refractivity contribution in [2.75, 3.05) is 0 Å². The van der Waals surface area contributed by atoms with Crippen LogP contribution in [0.25, 0.3) is 17.5 Å². The SMILES string of the molecule is O=C(O)/C=C/c1nnc(-c2cc(F)c(F)cc2[N+](=O)[O-])o1. The van der Waals surface area contributed by atoms with E-state index in [1.54, 1.807) is 0 Å². The van der Waals surface area contributed by atoms with Crippen LogP contribution in [0.1, 0.15) is 5.89 Å². The van der Waals surface area contributed by atoms with Crippen molar-refractivity contribution < 1.29 is 28.0 Å². The molecule has 1 aromatic carbocycles. The van der Waals surface area contributed by atoms with Crippen LogP contribution < -0.4 is 0 Å². The van der Waals surface area contributed by atoms with E-state index in [1.165, 1.54) is 0 Å². The summed E-state index contributed by atoms with van der Waals surface area (Å²) in [7, 11) is 0. The first-order valence-corrected chi connectivity index (χ1v) is 5.27. The van der Waals surface area contributed by atoms with E-state index >= 15 is 0 Å². The molecular weight excluding hydrogens is 292 g/mol. The molecule has 0 aliphatic carbocycles. The van der Waals surface area contributed by atoms with E-state index in [2.05, 4.69) is 10.2 Å². The molecular formula is C11H5F2N3O5. The molecule has 0 aliphatic heterocycles. The molecule has 108 valence electrons. The number of hydrogen-bond acceptors (Lipinski definition) is 6. The molecule has 2 rings (SSSR count). The van der Waals surface area contributed by atoms with Gasteiger partial charge in [-0.3, -0.25) is 10.1 Å². The Balaban J connectivity index is 2.49. The van der Waals surface area contributed by atoms with Gasteiger partial charge in [0.25, 0.3) is 11.6 Å². The lowest BCUT2D eigenvalue weighted by atomic mass is 10.1. The molecule has 0 atom stereocenters. The number of benzene rings is 1. The van der Waals surface area contributed by atoms with Crippen LogP contribution in [-0.4, -0.2) is 26.2 Å². The number of aliphatic carboxylic acids is 1. The first-order valence-electron chi connectivity index (χ1n) is 5.27.